The highest BCUT2D eigenvalue weighted by atomic mass is 35.5. The first-order valence-corrected chi connectivity index (χ1v) is 7.36. The fourth-order valence-corrected chi connectivity index (χ4v) is 2.35. The number of pyridine rings is 1. The van der Waals surface area contributed by atoms with Crippen LogP contribution in [0.3, 0.4) is 0 Å². The number of nitrogens with zero attached hydrogens (tertiary/aromatic N) is 4. The van der Waals surface area contributed by atoms with Crippen LogP contribution in [0.2, 0.25) is 5.02 Å². The van der Waals surface area contributed by atoms with Crippen LogP contribution in [-0.2, 0) is 6.54 Å². The first kappa shape index (κ1) is 14.5. The zero-order valence-corrected chi connectivity index (χ0v) is 12.9. The third-order valence-electron chi connectivity index (χ3n) is 3.16. The summed E-state index contributed by atoms with van der Waals surface area (Å²) in [6.07, 6.45) is 5.42. The molecule has 6 heteroatoms. The molecule has 0 radical (unpaired) electrons. The molecule has 0 N–H and O–H groups in total. The van der Waals surface area contributed by atoms with E-state index in [1.807, 2.05) is 43.5 Å². The second kappa shape index (κ2) is 6.58. The van der Waals surface area contributed by atoms with Crippen molar-refractivity contribution in [2.24, 2.45) is 0 Å². The summed E-state index contributed by atoms with van der Waals surface area (Å²) < 4.78 is 7.22. The summed E-state index contributed by atoms with van der Waals surface area (Å²) in [6, 6.07) is 9.53. The molecule has 0 bridgehead atoms. The molecule has 2 heterocycles. The molecule has 0 saturated carbocycles. The van der Waals surface area contributed by atoms with Gasteiger partial charge in [-0.3, -0.25) is 4.98 Å². The maximum Gasteiger partial charge on any atom is 0.137 e. The number of halogens is 1. The monoisotopic (exact) mass is 314 g/mol. The van der Waals surface area contributed by atoms with E-state index in [0.717, 1.165) is 16.8 Å². The molecule has 1 aromatic carbocycles. The van der Waals surface area contributed by atoms with Gasteiger partial charge in [0.25, 0.3) is 0 Å². The Hall–Kier alpha value is -2.40. The van der Waals surface area contributed by atoms with Crippen LogP contribution in [0.5, 0.6) is 5.75 Å². The molecule has 0 aliphatic heterocycles. The summed E-state index contributed by atoms with van der Waals surface area (Å²) in [7, 11) is 0. The van der Waals surface area contributed by atoms with E-state index in [1.54, 1.807) is 17.1 Å². The van der Waals surface area contributed by atoms with Crippen LogP contribution in [0.25, 0.3) is 11.3 Å². The Balaban J connectivity index is 1.80. The second-order valence-electron chi connectivity index (χ2n) is 4.74. The van der Waals surface area contributed by atoms with Crippen molar-refractivity contribution in [3.63, 3.8) is 0 Å². The zero-order valence-electron chi connectivity index (χ0n) is 12.1. The van der Waals surface area contributed by atoms with Crippen molar-refractivity contribution < 1.29 is 4.74 Å². The average Bonchev–Trinajstić information content (AvgIpc) is 2.99. The Bertz CT molecular complexity index is 758. The minimum Gasteiger partial charge on any atom is -0.492 e. The largest absolute Gasteiger partial charge is 0.492 e. The number of hydrogen-bond donors (Lipinski definition) is 0. The van der Waals surface area contributed by atoms with Crippen molar-refractivity contribution in [3.05, 3.63) is 59.5 Å². The van der Waals surface area contributed by atoms with Gasteiger partial charge in [0.15, 0.2) is 0 Å². The Morgan fingerprint density at radius 3 is 2.73 bits per heavy atom. The molecular weight excluding hydrogens is 300 g/mol. The van der Waals surface area contributed by atoms with Gasteiger partial charge >= 0.3 is 0 Å². The van der Waals surface area contributed by atoms with Crippen molar-refractivity contribution in [3.8, 4) is 17.0 Å². The topological polar surface area (TPSA) is 52.8 Å². The Kier molecular flexibility index (Phi) is 4.34. The lowest BCUT2D eigenvalue weighted by Crippen LogP contribution is -2.00. The van der Waals surface area contributed by atoms with E-state index in [-0.39, 0.29) is 0 Å². The van der Waals surface area contributed by atoms with Gasteiger partial charge in [-0.05, 0) is 42.8 Å². The molecule has 0 fully saturated rings. The van der Waals surface area contributed by atoms with E-state index in [2.05, 4.69) is 15.3 Å². The van der Waals surface area contributed by atoms with Gasteiger partial charge in [-0.25, -0.2) is 4.68 Å². The van der Waals surface area contributed by atoms with Gasteiger partial charge in [-0.15, -0.1) is 5.10 Å². The van der Waals surface area contributed by atoms with Gasteiger partial charge in [0.1, 0.15) is 11.4 Å². The summed E-state index contributed by atoms with van der Waals surface area (Å²) in [4.78, 5) is 4.00. The predicted octanol–water partition coefficient (Wildman–Crippen LogP) is 3.44. The highest BCUT2D eigenvalue weighted by Crippen LogP contribution is 2.29. The van der Waals surface area contributed by atoms with Crippen molar-refractivity contribution in [2.75, 3.05) is 6.61 Å². The van der Waals surface area contributed by atoms with Crippen molar-refractivity contribution >= 4 is 11.6 Å². The van der Waals surface area contributed by atoms with Crippen molar-refractivity contribution in [1.82, 2.24) is 20.0 Å². The summed E-state index contributed by atoms with van der Waals surface area (Å²) in [5, 5.41) is 8.92. The van der Waals surface area contributed by atoms with Crippen LogP contribution in [0, 0.1) is 0 Å². The van der Waals surface area contributed by atoms with E-state index >= 15 is 0 Å². The number of benzene rings is 1. The second-order valence-corrected chi connectivity index (χ2v) is 5.14. The van der Waals surface area contributed by atoms with E-state index in [1.165, 1.54) is 0 Å². The first-order valence-electron chi connectivity index (χ1n) is 6.98. The van der Waals surface area contributed by atoms with E-state index < -0.39 is 0 Å². The molecule has 5 nitrogen and oxygen atoms in total. The van der Waals surface area contributed by atoms with Gasteiger partial charge in [0.05, 0.1) is 24.4 Å². The summed E-state index contributed by atoms with van der Waals surface area (Å²) in [5.41, 5.74) is 2.81. The summed E-state index contributed by atoms with van der Waals surface area (Å²) >= 11 is 6.21. The van der Waals surface area contributed by atoms with Gasteiger partial charge in [0.2, 0.25) is 0 Å². The summed E-state index contributed by atoms with van der Waals surface area (Å²) in [5.74, 6) is 0.678. The van der Waals surface area contributed by atoms with Crippen LogP contribution in [0.4, 0.5) is 0 Å². The van der Waals surface area contributed by atoms with Crippen LogP contribution in [0.15, 0.2) is 48.9 Å². The lowest BCUT2D eigenvalue weighted by molar-refractivity contribution is 0.340. The molecule has 0 saturated heterocycles. The first-order chi connectivity index (χ1) is 10.8. The molecule has 0 aliphatic carbocycles. The summed E-state index contributed by atoms with van der Waals surface area (Å²) in [6.45, 7) is 3.16. The third-order valence-corrected chi connectivity index (χ3v) is 3.46. The SMILES string of the molecule is CCOc1ccc(-c2cn(Cc3ccncc3)nn2)cc1Cl. The highest BCUT2D eigenvalue weighted by molar-refractivity contribution is 6.32. The number of aromatic nitrogens is 4. The molecule has 0 aliphatic rings. The highest BCUT2D eigenvalue weighted by Gasteiger charge is 2.08. The molecule has 0 amide bonds. The maximum atomic E-state index is 6.21. The molecule has 3 rings (SSSR count). The lowest BCUT2D eigenvalue weighted by atomic mass is 10.1. The Morgan fingerprint density at radius 1 is 1.18 bits per heavy atom. The molecule has 3 aromatic rings. The zero-order chi connectivity index (χ0) is 15.4. The van der Waals surface area contributed by atoms with E-state index in [0.29, 0.717) is 23.9 Å². The Labute approximate surface area is 133 Å². The van der Waals surface area contributed by atoms with E-state index in [9.17, 15) is 0 Å². The lowest BCUT2D eigenvalue weighted by Gasteiger charge is -2.06. The number of rotatable bonds is 5. The molecule has 0 atom stereocenters. The fraction of sp³-hybridized carbons (Fsp3) is 0.188. The Morgan fingerprint density at radius 2 is 2.00 bits per heavy atom. The van der Waals surface area contributed by atoms with Crippen LogP contribution in [0.1, 0.15) is 12.5 Å². The van der Waals surface area contributed by atoms with Crippen molar-refractivity contribution in [2.45, 2.75) is 13.5 Å². The van der Waals surface area contributed by atoms with Gasteiger partial charge < -0.3 is 4.74 Å². The van der Waals surface area contributed by atoms with Gasteiger partial charge in [0, 0.05) is 18.0 Å². The predicted molar refractivity (Wildman–Crippen MR) is 85.0 cm³/mol. The fourth-order valence-electron chi connectivity index (χ4n) is 2.12. The van der Waals surface area contributed by atoms with E-state index in [4.69, 9.17) is 16.3 Å². The molecule has 0 unspecified atom stereocenters. The normalized spacial score (nSPS) is 10.6. The molecule has 0 spiro atoms. The minimum absolute atomic E-state index is 0.572. The third kappa shape index (κ3) is 3.26. The quantitative estimate of drug-likeness (QED) is 0.724. The smallest absolute Gasteiger partial charge is 0.137 e. The van der Waals surface area contributed by atoms with Gasteiger partial charge in [-0.1, -0.05) is 16.8 Å². The standard InChI is InChI=1S/C16H15ClN4O/c1-2-22-16-4-3-13(9-14(16)17)15-11-21(20-19-15)10-12-5-7-18-8-6-12/h3-9,11H,2,10H2,1H3. The van der Waals surface area contributed by atoms with Crippen molar-refractivity contribution in [1.29, 1.82) is 0 Å². The van der Waals surface area contributed by atoms with Crippen LogP contribution >= 0.6 is 11.6 Å². The van der Waals surface area contributed by atoms with Gasteiger partial charge in [-0.2, -0.15) is 0 Å². The molecule has 22 heavy (non-hydrogen) atoms. The van der Waals surface area contributed by atoms with Crippen LogP contribution in [-0.4, -0.2) is 26.6 Å². The minimum atomic E-state index is 0.572. The molecule has 2 aromatic heterocycles. The van der Waals surface area contributed by atoms with Crippen LogP contribution < -0.4 is 4.74 Å². The molecular formula is C16H15ClN4O. The number of ether oxygens (including phenoxy) is 1. The molecule has 112 valence electrons. The average molecular weight is 315 g/mol. The number of hydrogen-bond acceptors (Lipinski definition) is 4. The maximum absolute atomic E-state index is 6.21.